The summed E-state index contributed by atoms with van der Waals surface area (Å²) in [6, 6.07) is 0.757. The van der Waals surface area contributed by atoms with Crippen LogP contribution in [0, 0.1) is 11.3 Å². The monoisotopic (exact) mass is 181 g/mol. The summed E-state index contributed by atoms with van der Waals surface area (Å²) in [5, 5.41) is 0. The molecule has 0 aromatic carbocycles. The van der Waals surface area contributed by atoms with Gasteiger partial charge in [0.25, 0.3) is 0 Å². The van der Waals surface area contributed by atoms with Gasteiger partial charge in [-0.2, -0.15) is 0 Å². The van der Waals surface area contributed by atoms with Crippen LogP contribution in [-0.2, 0) is 0 Å². The van der Waals surface area contributed by atoms with Gasteiger partial charge < -0.3 is 4.90 Å². The van der Waals surface area contributed by atoms with E-state index in [-0.39, 0.29) is 0 Å². The van der Waals surface area contributed by atoms with Gasteiger partial charge in [0.05, 0.1) is 0 Å². The fourth-order valence-electron chi connectivity index (χ4n) is 3.44. The van der Waals surface area contributed by atoms with E-state index in [1.807, 2.05) is 0 Å². The zero-order valence-corrected chi connectivity index (χ0v) is 9.34. The van der Waals surface area contributed by atoms with Gasteiger partial charge in [0.1, 0.15) is 0 Å². The van der Waals surface area contributed by atoms with Crippen LogP contribution in [0.15, 0.2) is 0 Å². The number of piperidine rings is 1. The summed E-state index contributed by atoms with van der Waals surface area (Å²) in [6.07, 6.45) is 5.93. The van der Waals surface area contributed by atoms with E-state index in [1.54, 1.807) is 0 Å². The van der Waals surface area contributed by atoms with Crippen LogP contribution in [0.25, 0.3) is 0 Å². The van der Waals surface area contributed by atoms with E-state index < -0.39 is 0 Å². The molecule has 0 aromatic heterocycles. The van der Waals surface area contributed by atoms with Crippen LogP contribution < -0.4 is 0 Å². The van der Waals surface area contributed by atoms with Crippen molar-refractivity contribution in [2.24, 2.45) is 11.3 Å². The van der Waals surface area contributed by atoms with Gasteiger partial charge in [-0.05, 0) is 57.4 Å². The highest BCUT2D eigenvalue weighted by molar-refractivity contribution is 4.96. The van der Waals surface area contributed by atoms with Crippen LogP contribution in [0.2, 0.25) is 0 Å². The second kappa shape index (κ2) is 3.27. The normalized spacial score (nSPS) is 41.1. The van der Waals surface area contributed by atoms with Crippen LogP contribution in [0.4, 0.5) is 0 Å². The maximum absolute atomic E-state index is 2.68. The Kier molecular flexibility index (Phi) is 2.39. The lowest BCUT2D eigenvalue weighted by molar-refractivity contribution is -0.0270. The van der Waals surface area contributed by atoms with E-state index in [2.05, 4.69) is 25.7 Å². The molecule has 1 nitrogen and oxygen atoms in total. The fraction of sp³-hybridized carbons (Fsp3) is 1.00. The number of hydrogen-bond acceptors (Lipinski definition) is 1. The molecule has 0 aromatic rings. The zero-order chi connectivity index (χ0) is 9.47. The highest BCUT2D eigenvalue weighted by Crippen LogP contribution is 2.51. The van der Waals surface area contributed by atoms with Gasteiger partial charge in [0.15, 0.2) is 0 Å². The van der Waals surface area contributed by atoms with Crippen molar-refractivity contribution < 1.29 is 0 Å². The van der Waals surface area contributed by atoms with Crippen LogP contribution in [-0.4, -0.2) is 24.0 Å². The quantitative estimate of drug-likeness (QED) is 0.601. The van der Waals surface area contributed by atoms with E-state index in [0.717, 1.165) is 17.4 Å². The van der Waals surface area contributed by atoms with Gasteiger partial charge in [-0.25, -0.2) is 0 Å². The van der Waals surface area contributed by atoms with Gasteiger partial charge in [-0.3, -0.25) is 0 Å². The third-order valence-corrected chi connectivity index (χ3v) is 3.98. The molecule has 1 saturated carbocycles. The molecular weight excluding hydrogens is 158 g/mol. The standard InChI is InChI=1S/C12H23N/c1-10(2)13-6-4-5-12(9-13)7-11(3)8-12/h10-11H,4-9H2,1-3H3. The maximum atomic E-state index is 2.68. The Morgan fingerprint density at radius 3 is 2.54 bits per heavy atom. The molecule has 1 spiro atoms. The molecule has 1 aliphatic heterocycles. The molecule has 0 amide bonds. The molecule has 76 valence electrons. The van der Waals surface area contributed by atoms with Crippen molar-refractivity contribution in [3.8, 4) is 0 Å². The molecule has 0 radical (unpaired) electrons. The molecule has 2 rings (SSSR count). The molecule has 1 heteroatoms. The summed E-state index contributed by atoms with van der Waals surface area (Å²) in [6.45, 7) is 9.80. The SMILES string of the molecule is CC1CC2(CCCN(C(C)C)C2)C1. The summed E-state index contributed by atoms with van der Waals surface area (Å²) in [5.74, 6) is 1.01. The van der Waals surface area contributed by atoms with Crippen LogP contribution in [0.1, 0.15) is 46.5 Å². The molecule has 2 fully saturated rings. The Morgan fingerprint density at radius 2 is 2.00 bits per heavy atom. The van der Waals surface area contributed by atoms with Crippen molar-refractivity contribution in [1.82, 2.24) is 4.90 Å². The van der Waals surface area contributed by atoms with E-state index in [0.29, 0.717) is 0 Å². The van der Waals surface area contributed by atoms with E-state index in [4.69, 9.17) is 0 Å². The van der Waals surface area contributed by atoms with E-state index in [9.17, 15) is 0 Å². The largest absolute Gasteiger partial charge is 0.300 e. The van der Waals surface area contributed by atoms with Crippen molar-refractivity contribution >= 4 is 0 Å². The summed E-state index contributed by atoms with van der Waals surface area (Å²) in [5.41, 5.74) is 0.752. The minimum atomic E-state index is 0.752. The van der Waals surface area contributed by atoms with Crippen molar-refractivity contribution in [2.75, 3.05) is 13.1 Å². The summed E-state index contributed by atoms with van der Waals surface area (Å²) in [7, 11) is 0. The molecule has 1 aliphatic carbocycles. The molecular formula is C12H23N. The third-order valence-electron chi connectivity index (χ3n) is 3.98. The molecule has 1 heterocycles. The molecule has 0 atom stereocenters. The first kappa shape index (κ1) is 9.51. The number of likely N-dealkylation sites (tertiary alicyclic amines) is 1. The number of nitrogens with zero attached hydrogens (tertiary/aromatic N) is 1. The molecule has 2 aliphatic rings. The third kappa shape index (κ3) is 1.76. The van der Waals surface area contributed by atoms with Gasteiger partial charge in [-0.1, -0.05) is 6.92 Å². The van der Waals surface area contributed by atoms with Crippen molar-refractivity contribution in [2.45, 2.75) is 52.5 Å². The molecule has 13 heavy (non-hydrogen) atoms. The number of rotatable bonds is 1. The average Bonchev–Trinajstić information content (AvgIpc) is 2.02. The molecule has 0 N–H and O–H groups in total. The Hall–Kier alpha value is -0.0400. The van der Waals surface area contributed by atoms with Gasteiger partial charge >= 0.3 is 0 Å². The van der Waals surface area contributed by atoms with E-state index >= 15 is 0 Å². The second-order valence-corrected chi connectivity index (χ2v) is 5.68. The maximum Gasteiger partial charge on any atom is 0.00409 e. The van der Waals surface area contributed by atoms with Crippen LogP contribution >= 0.6 is 0 Å². The van der Waals surface area contributed by atoms with Gasteiger partial charge in [-0.15, -0.1) is 0 Å². The first-order chi connectivity index (χ1) is 6.11. The Labute approximate surface area is 82.5 Å². The van der Waals surface area contributed by atoms with Crippen molar-refractivity contribution in [3.63, 3.8) is 0 Å². The highest BCUT2D eigenvalue weighted by atomic mass is 15.2. The molecule has 0 unspecified atom stereocenters. The zero-order valence-electron chi connectivity index (χ0n) is 9.34. The first-order valence-corrected chi connectivity index (χ1v) is 5.85. The minimum absolute atomic E-state index is 0.752. The first-order valence-electron chi connectivity index (χ1n) is 5.85. The average molecular weight is 181 g/mol. The Balaban J connectivity index is 1.93. The Bertz CT molecular complexity index is 174. The summed E-state index contributed by atoms with van der Waals surface area (Å²) in [4.78, 5) is 2.68. The highest BCUT2D eigenvalue weighted by Gasteiger charge is 2.44. The van der Waals surface area contributed by atoms with E-state index in [1.165, 1.54) is 38.8 Å². The number of hydrogen-bond donors (Lipinski definition) is 0. The topological polar surface area (TPSA) is 3.24 Å². The van der Waals surface area contributed by atoms with Crippen molar-refractivity contribution in [3.05, 3.63) is 0 Å². The lowest BCUT2D eigenvalue weighted by Crippen LogP contribution is -2.51. The minimum Gasteiger partial charge on any atom is -0.300 e. The summed E-state index contributed by atoms with van der Waals surface area (Å²) < 4.78 is 0. The fourth-order valence-corrected chi connectivity index (χ4v) is 3.44. The van der Waals surface area contributed by atoms with Crippen LogP contribution in [0.3, 0.4) is 0 Å². The lowest BCUT2D eigenvalue weighted by atomic mass is 9.59. The van der Waals surface area contributed by atoms with Gasteiger partial charge in [0, 0.05) is 12.6 Å². The summed E-state index contributed by atoms with van der Waals surface area (Å²) >= 11 is 0. The second-order valence-electron chi connectivity index (χ2n) is 5.68. The van der Waals surface area contributed by atoms with Gasteiger partial charge in [0.2, 0.25) is 0 Å². The predicted octanol–water partition coefficient (Wildman–Crippen LogP) is 2.91. The predicted molar refractivity (Wildman–Crippen MR) is 56.8 cm³/mol. The molecule has 0 bridgehead atoms. The van der Waals surface area contributed by atoms with Crippen LogP contribution in [0.5, 0.6) is 0 Å². The van der Waals surface area contributed by atoms with Crippen molar-refractivity contribution in [1.29, 1.82) is 0 Å². The molecule has 1 saturated heterocycles. The lowest BCUT2D eigenvalue weighted by Gasteiger charge is -2.53. The smallest absolute Gasteiger partial charge is 0.00409 e. The Morgan fingerprint density at radius 1 is 1.31 bits per heavy atom.